The van der Waals surface area contributed by atoms with Gasteiger partial charge in [-0.2, -0.15) is 0 Å². The number of hydrogen-bond acceptors (Lipinski definition) is 4. The highest BCUT2D eigenvalue weighted by Crippen LogP contribution is 2.20. The van der Waals surface area contributed by atoms with E-state index in [0.717, 1.165) is 19.3 Å². The lowest BCUT2D eigenvalue weighted by Gasteiger charge is -2.31. The minimum atomic E-state index is -1.10. The molecule has 0 bridgehead atoms. The van der Waals surface area contributed by atoms with Crippen molar-refractivity contribution in [2.45, 2.75) is 45.3 Å². The highest BCUT2D eigenvalue weighted by atomic mass is 16.5. The lowest BCUT2D eigenvalue weighted by atomic mass is 9.96. The minimum Gasteiger partial charge on any atom is -0.477 e. The molecule has 1 aliphatic heterocycles. The number of amides is 1. The second-order valence-electron chi connectivity index (χ2n) is 6.05. The van der Waals surface area contributed by atoms with E-state index in [-0.39, 0.29) is 23.7 Å². The van der Waals surface area contributed by atoms with Crippen LogP contribution in [0.1, 0.15) is 54.0 Å². The van der Waals surface area contributed by atoms with E-state index in [4.69, 9.17) is 9.84 Å². The van der Waals surface area contributed by atoms with Crippen molar-refractivity contribution in [2.24, 2.45) is 5.92 Å². The number of carboxylic acids is 1. The van der Waals surface area contributed by atoms with Crippen LogP contribution in [-0.2, 0) is 4.74 Å². The number of carboxylic acid groups (broad SMARTS) is 1. The highest BCUT2D eigenvalue weighted by molar-refractivity contribution is 5.95. The number of aromatic nitrogens is 1. The Balaban J connectivity index is 1.92. The van der Waals surface area contributed by atoms with Crippen LogP contribution in [0.4, 0.5) is 0 Å². The predicted octanol–water partition coefficient (Wildman–Crippen LogP) is 2.10. The van der Waals surface area contributed by atoms with Gasteiger partial charge in [0.1, 0.15) is 5.69 Å². The highest BCUT2D eigenvalue weighted by Gasteiger charge is 2.24. The zero-order valence-corrected chi connectivity index (χ0v) is 12.9. The summed E-state index contributed by atoms with van der Waals surface area (Å²) in [6, 6.07) is 2.91. The van der Waals surface area contributed by atoms with Gasteiger partial charge in [-0.3, -0.25) is 4.79 Å². The Morgan fingerprint density at radius 2 is 2.23 bits per heavy atom. The Morgan fingerprint density at radius 1 is 1.45 bits per heavy atom. The van der Waals surface area contributed by atoms with Gasteiger partial charge < -0.3 is 15.2 Å². The molecular weight excluding hydrogens is 284 g/mol. The molecule has 2 heterocycles. The number of carbonyl (C=O) groups is 2. The normalized spacial score (nSPS) is 21.6. The van der Waals surface area contributed by atoms with Crippen LogP contribution in [0.3, 0.4) is 0 Å². The van der Waals surface area contributed by atoms with E-state index in [0.29, 0.717) is 18.1 Å². The maximum absolute atomic E-state index is 12.2. The average molecular weight is 306 g/mol. The van der Waals surface area contributed by atoms with Crippen molar-refractivity contribution in [3.8, 4) is 0 Å². The molecule has 1 saturated heterocycles. The van der Waals surface area contributed by atoms with E-state index in [9.17, 15) is 9.59 Å². The minimum absolute atomic E-state index is 0.0698. The molecule has 1 aromatic rings. The first-order chi connectivity index (χ1) is 10.5. The Kier molecular flexibility index (Phi) is 5.49. The lowest BCUT2D eigenvalue weighted by Crippen LogP contribution is -2.42. The summed E-state index contributed by atoms with van der Waals surface area (Å²) < 4.78 is 5.72. The van der Waals surface area contributed by atoms with Crippen molar-refractivity contribution < 1.29 is 19.4 Å². The third-order valence-electron chi connectivity index (χ3n) is 3.68. The van der Waals surface area contributed by atoms with Gasteiger partial charge in [-0.1, -0.05) is 13.8 Å². The molecule has 0 radical (unpaired) electrons. The smallest absolute Gasteiger partial charge is 0.354 e. The van der Waals surface area contributed by atoms with Crippen molar-refractivity contribution >= 4 is 11.9 Å². The van der Waals surface area contributed by atoms with Crippen molar-refractivity contribution in [1.82, 2.24) is 10.3 Å². The number of rotatable bonds is 5. The van der Waals surface area contributed by atoms with Crippen LogP contribution < -0.4 is 5.32 Å². The van der Waals surface area contributed by atoms with E-state index in [2.05, 4.69) is 24.1 Å². The quantitative estimate of drug-likeness (QED) is 0.869. The number of pyridine rings is 1. The van der Waals surface area contributed by atoms with Gasteiger partial charge in [0, 0.05) is 18.8 Å². The third kappa shape index (κ3) is 4.53. The summed E-state index contributed by atoms with van der Waals surface area (Å²) in [5.74, 6) is -0.764. The van der Waals surface area contributed by atoms with E-state index < -0.39 is 5.97 Å². The Labute approximate surface area is 129 Å². The van der Waals surface area contributed by atoms with Crippen molar-refractivity contribution in [3.63, 3.8) is 0 Å². The Hall–Kier alpha value is -1.95. The number of ether oxygens (including phenoxy) is 1. The number of nitrogens with zero attached hydrogens (tertiary/aromatic N) is 1. The number of aromatic carboxylic acids is 1. The SMILES string of the molecule is CC(C)CC1CC(NC(=O)c2ccc(C(=O)O)nc2)CCO1. The molecule has 1 aromatic heterocycles. The van der Waals surface area contributed by atoms with Gasteiger partial charge in [-0.05, 0) is 37.3 Å². The standard InChI is InChI=1S/C16H22N2O4/c1-10(2)7-13-8-12(5-6-22-13)18-15(19)11-3-4-14(16(20)21)17-9-11/h3-4,9-10,12-13H,5-8H2,1-2H3,(H,18,19)(H,20,21). The molecule has 0 aliphatic carbocycles. The molecule has 2 rings (SSSR count). The van der Waals surface area contributed by atoms with Crippen LogP contribution in [0, 0.1) is 5.92 Å². The summed E-state index contributed by atoms with van der Waals surface area (Å²) in [5, 5.41) is 11.8. The van der Waals surface area contributed by atoms with Crippen LogP contribution in [0.2, 0.25) is 0 Å². The van der Waals surface area contributed by atoms with Gasteiger partial charge in [0.05, 0.1) is 11.7 Å². The molecule has 6 heteroatoms. The summed E-state index contributed by atoms with van der Waals surface area (Å²) in [6.45, 7) is 4.96. The first-order valence-corrected chi connectivity index (χ1v) is 7.57. The molecule has 0 spiro atoms. The largest absolute Gasteiger partial charge is 0.477 e. The van der Waals surface area contributed by atoms with Crippen LogP contribution in [0.5, 0.6) is 0 Å². The van der Waals surface area contributed by atoms with Gasteiger partial charge in [0.25, 0.3) is 5.91 Å². The number of hydrogen-bond donors (Lipinski definition) is 2. The van der Waals surface area contributed by atoms with E-state index >= 15 is 0 Å². The maximum Gasteiger partial charge on any atom is 0.354 e. The molecule has 0 aromatic carbocycles. The average Bonchev–Trinajstić information content (AvgIpc) is 2.47. The van der Waals surface area contributed by atoms with E-state index in [1.54, 1.807) is 0 Å². The monoisotopic (exact) mass is 306 g/mol. The number of nitrogens with one attached hydrogen (secondary N) is 1. The maximum atomic E-state index is 12.2. The van der Waals surface area contributed by atoms with E-state index in [1.807, 2.05) is 0 Å². The van der Waals surface area contributed by atoms with Crippen molar-refractivity contribution in [1.29, 1.82) is 0 Å². The molecule has 6 nitrogen and oxygen atoms in total. The summed E-state index contributed by atoms with van der Waals surface area (Å²) in [7, 11) is 0. The lowest BCUT2D eigenvalue weighted by molar-refractivity contribution is -0.00847. The molecule has 1 fully saturated rings. The first kappa shape index (κ1) is 16.4. The van der Waals surface area contributed by atoms with E-state index in [1.165, 1.54) is 18.3 Å². The molecular formula is C16H22N2O4. The van der Waals surface area contributed by atoms with Gasteiger partial charge in [0.15, 0.2) is 0 Å². The summed E-state index contributed by atoms with van der Waals surface area (Å²) in [4.78, 5) is 26.7. The molecule has 2 unspecified atom stereocenters. The molecule has 2 N–H and O–H groups in total. The predicted molar refractivity (Wildman–Crippen MR) is 80.9 cm³/mol. The van der Waals surface area contributed by atoms with Crippen LogP contribution in [-0.4, -0.2) is 40.7 Å². The van der Waals surface area contributed by atoms with Gasteiger partial charge in [0.2, 0.25) is 0 Å². The molecule has 1 amide bonds. The molecule has 22 heavy (non-hydrogen) atoms. The van der Waals surface area contributed by atoms with Crippen LogP contribution in [0.15, 0.2) is 18.3 Å². The summed E-state index contributed by atoms with van der Waals surface area (Å²) in [5.41, 5.74) is 0.302. The fraction of sp³-hybridized carbons (Fsp3) is 0.562. The van der Waals surface area contributed by atoms with Crippen LogP contribution in [0.25, 0.3) is 0 Å². The van der Waals surface area contributed by atoms with Crippen molar-refractivity contribution in [2.75, 3.05) is 6.61 Å². The molecule has 2 atom stereocenters. The third-order valence-corrected chi connectivity index (χ3v) is 3.68. The topological polar surface area (TPSA) is 88.5 Å². The fourth-order valence-electron chi connectivity index (χ4n) is 2.62. The summed E-state index contributed by atoms with van der Waals surface area (Å²) >= 11 is 0. The molecule has 1 aliphatic rings. The van der Waals surface area contributed by atoms with Gasteiger partial charge >= 0.3 is 5.97 Å². The second-order valence-corrected chi connectivity index (χ2v) is 6.05. The first-order valence-electron chi connectivity index (χ1n) is 7.57. The van der Waals surface area contributed by atoms with Crippen LogP contribution >= 0.6 is 0 Å². The second kappa shape index (κ2) is 7.35. The van der Waals surface area contributed by atoms with Gasteiger partial charge in [-0.15, -0.1) is 0 Å². The zero-order valence-electron chi connectivity index (χ0n) is 12.9. The Bertz CT molecular complexity index is 527. The summed E-state index contributed by atoms with van der Waals surface area (Å²) in [6.07, 6.45) is 4.07. The molecule has 120 valence electrons. The van der Waals surface area contributed by atoms with Gasteiger partial charge in [-0.25, -0.2) is 9.78 Å². The number of carbonyl (C=O) groups excluding carboxylic acids is 1. The zero-order chi connectivity index (χ0) is 16.1. The Morgan fingerprint density at radius 3 is 2.82 bits per heavy atom. The van der Waals surface area contributed by atoms with Crippen molar-refractivity contribution in [3.05, 3.63) is 29.6 Å². The molecule has 0 saturated carbocycles. The fourth-order valence-corrected chi connectivity index (χ4v) is 2.62.